The average molecular weight is 275 g/mol. The summed E-state index contributed by atoms with van der Waals surface area (Å²) in [4.78, 5) is 13.3. The zero-order valence-electron chi connectivity index (χ0n) is 11.8. The minimum atomic E-state index is -0.0600. The lowest BCUT2D eigenvalue weighted by molar-refractivity contribution is 0.0447. The second kappa shape index (κ2) is 5.42. The summed E-state index contributed by atoms with van der Waals surface area (Å²) < 4.78 is 5.52. The van der Waals surface area contributed by atoms with E-state index in [4.69, 9.17) is 10.5 Å². The highest BCUT2D eigenvalue weighted by molar-refractivity contribution is 5.92. The molecule has 0 bridgehead atoms. The summed E-state index contributed by atoms with van der Waals surface area (Å²) in [7, 11) is 1.79. The fraction of sp³-hybridized carbons (Fsp3) is 0.533. The molecule has 1 aromatic carbocycles. The first kappa shape index (κ1) is 13.4. The second-order valence-electron chi connectivity index (χ2n) is 5.71. The molecule has 5 heteroatoms. The highest BCUT2D eigenvalue weighted by atomic mass is 16.5. The molecule has 2 aliphatic rings. The van der Waals surface area contributed by atoms with Gasteiger partial charge in [-0.3, -0.25) is 0 Å². The molecule has 2 aliphatic heterocycles. The molecule has 5 nitrogen and oxygen atoms in total. The summed E-state index contributed by atoms with van der Waals surface area (Å²) in [5.41, 5.74) is 9.53. The van der Waals surface area contributed by atoms with Gasteiger partial charge in [0.05, 0.1) is 6.61 Å². The largest absolute Gasteiger partial charge is 0.381 e. The summed E-state index contributed by atoms with van der Waals surface area (Å²) in [6, 6.07) is 6.03. The number of urea groups is 1. The van der Waals surface area contributed by atoms with Crippen LogP contribution in [0.15, 0.2) is 18.2 Å². The number of carbonyl (C=O) groups is 1. The predicted octanol–water partition coefficient (Wildman–Crippen LogP) is 2.09. The third kappa shape index (κ3) is 2.51. The number of anilines is 1. The maximum absolute atomic E-state index is 11.6. The number of carbonyl (C=O) groups excluding carboxylic acids is 1. The first-order chi connectivity index (χ1) is 9.65. The van der Waals surface area contributed by atoms with Gasteiger partial charge in [0.15, 0.2) is 0 Å². The van der Waals surface area contributed by atoms with Gasteiger partial charge >= 0.3 is 6.03 Å². The Morgan fingerprint density at radius 3 is 3.10 bits per heavy atom. The Balaban J connectivity index is 1.81. The van der Waals surface area contributed by atoms with Crippen molar-refractivity contribution in [1.82, 2.24) is 4.90 Å². The lowest BCUT2D eigenvalue weighted by atomic mass is 9.88. The van der Waals surface area contributed by atoms with Crippen molar-refractivity contribution in [3.05, 3.63) is 29.3 Å². The van der Waals surface area contributed by atoms with Crippen LogP contribution in [0.5, 0.6) is 0 Å². The first-order valence-corrected chi connectivity index (χ1v) is 7.13. The molecule has 0 radical (unpaired) electrons. The van der Waals surface area contributed by atoms with Gasteiger partial charge in [-0.2, -0.15) is 0 Å². The number of fused-ring (bicyclic) bond motifs is 1. The van der Waals surface area contributed by atoms with Crippen molar-refractivity contribution >= 4 is 11.7 Å². The number of nitrogens with zero attached hydrogens (tertiary/aromatic N) is 1. The van der Waals surface area contributed by atoms with E-state index >= 15 is 0 Å². The Labute approximate surface area is 119 Å². The van der Waals surface area contributed by atoms with Gasteiger partial charge in [0.2, 0.25) is 0 Å². The molecule has 3 N–H and O–H groups in total. The van der Waals surface area contributed by atoms with Gasteiger partial charge in [0.1, 0.15) is 0 Å². The molecule has 108 valence electrons. The Kier molecular flexibility index (Phi) is 3.63. The molecule has 0 aliphatic carbocycles. The van der Waals surface area contributed by atoms with Gasteiger partial charge < -0.3 is 20.7 Å². The number of hydrogen-bond donors (Lipinski definition) is 2. The van der Waals surface area contributed by atoms with Crippen LogP contribution < -0.4 is 11.1 Å². The molecular formula is C15H21N3O2. The van der Waals surface area contributed by atoms with Gasteiger partial charge in [-0.05, 0) is 30.0 Å². The van der Waals surface area contributed by atoms with Crippen molar-refractivity contribution in [3.8, 4) is 0 Å². The lowest BCUT2D eigenvalue weighted by Gasteiger charge is -2.30. The Morgan fingerprint density at radius 2 is 2.35 bits per heavy atom. The van der Waals surface area contributed by atoms with E-state index in [0.29, 0.717) is 12.5 Å². The molecule has 1 saturated heterocycles. The number of amides is 2. The number of ether oxygens (including phenoxy) is 1. The van der Waals surface area contributed by atoms with E-state index in [9.17, 15) is 4.79 Å². The molecule has 0 saturated carbocycles. The quantitative estimate of drug-likeness (QED) is 0.868. The van der Waals surface area contributed by atoms with E-state index < -0.39 is 0 Å². The van der Waals surface area contributed by atoms with Crippen LogP contribution in [0.1, 0.15) is 30.0 Å². The number of benzene rings is 1. The first-order valence-electron chi connectivity index (χ1n) is 7.13. The Bertz CT molecular complexity index is 512. The van der Waals surface area contributed by atoms with E-state index in [0.717, 1.165) is 42.9 Å². The van der Waals surface area contributed by atoms with Crippen LogP contribution in [0.2, 0.25) is 0 Å². The number of nitrogens with one attached hydrogen (secondary N) is 1. The minimum absolute atomic E-state index is 0.00327. The maximum atomic E-state index is 11.6. The smallest absolute Gasteiger partial charge is 0.321 e. The lowest BCUT2D eigenvalue weighted by Crippen LogP contribution is -2.35. The molecule has 2 amide bonds. The highest BCUT2D eigenvalue weighted by Crippen LogP contribution is 2.30. The fourth-order valence-electron chi connectivity index (χ4n) is 2.93. The summed E-state index contributed by atoms with van der Waals surface area (Å²) in [5, 5.41) is 2.88. The van der Waals surface area contributed by atoms with Gasteiger partial charge in [-0.1, -0.05) is 12.1 Å². The van der Waals surface area contributed by atoms with Crippen LogP contribution in [-0.4, -0.2) is 31.2 Å². The molecule has 1 fully saturated rings. The van der Waals surface area contributed by atoms with Gasteiger partial charge in [-0.25, -0.2) is 4.79 Å². The van der Waals surface area contributed by atoms with Crippen LogP contribution >= 0.6 is 0 Å². The molecule has 1 aromatic rings. The molecule has 0 aromatic heterocycles. The van der Waals surface area contributed by atoms with Crippen molar-refractivity contribution in [3.63, 3.8) is 0 Å². The van der Waals surface area contributed by atoms with Crippen molar-refractivity contribution in [2.45, 2.75) is 25.4 Å². The van der Waals surface area contributed by atoms with Gasteiger partial charge in [-0.15, -0.1) is 0 Å². The second-order valence-corrected chi connectivity index (χ2v) is 5.71. The topological polar surface area (TPSA) is 67.6 Å². The van der Waals surface area contributed by atoms with Crippen molar-refractivity contribution < 1.29 is 9.53 Å². The molecule has 2 heterocycles. The van der Waals surface area contributed by atoms with Crippen LogP contribution in [0.3, 0.4) is 0 Å². The van der Waals surface area contributed by atoms with E-state index in [2.05, 4.69) is 11.4 Å². The van der Waals surface area contributed by atoms with Crippen molar-refractivity contribution in [1.29, 1.82) is 0 Å². The van der Waals surface area contributed by atoms with Crippen LogP contribution in [0.4, 0.5) is 10.5 Å². The monoisotopic (exact) mass is 275 g/mol. The van der Waals surface area contributed by atoms with Crippen LogP contribution in [0, 0.1) is 5.92 Å². The van der Waals surface area contributed by atoms with Crippen LogP contribution in [-0.2, 0) is 11.3 Å². The molecule has 0 spiro atoms. The summed E-state index contributed by atoms with van der Waals surface area (Å²) in [6.45, 7) is 2.22. The molecule has 2 atom stereocenters. The minimum Gasteiger partial charge on any atom is -0.381 e. The Morgan fingerprint density at radius 1 is 1.50 bits per heavy atom. The summed E-state index contributed by atoms with van der Waals surface area (Å²) in [6.07, 6.45) is 2.21. The Hall–Kier alpha value is -1.59. The van der Waals surface area contributed by atoms with E-state index in [1.807, 2.05) is 12.1 Å². The third-order valence-electron chi connectivity index (χ3n) is 4.21. The highest BCUT2D eigenvalue weighted by Gasteiger charge is 2.25. The van der Waals surface area contributed by atoms with Crippen molar-refractivity contribution in [2.24, 2.45) is 11.7 Å². The molecule has 2 unspecified atom stereocenters. The third-order valence-corrected chi connectivity index (χ3v) is 4.21. The number of hydrogen-bond acceptors (Lipinski definition) is 3. The zero-order chi connectivity index (χ0) is 14.1. The van der Waals surface area contributed by atoms with E-state index in [-0.39, 0.29) is 12.1 Å². The van der Waals surface area contributed by atoms with Crippen molar-refractivity contribution in [2.75, 3.05) is 25.6 Å². The molecular weight excluding hydrogens is 254 g/mol. The van der Waals surface area contributed by atoms with Crippen LogP contribution in [0.25, 0.3) is 0 Å². The average Bonchev–Trinajstić information content (AvgIpc) is 2.48. The molecule has 20 heavy (non-hydrogen) atoms. The summed E-state index contributed by atoms with van der Waals surface area (Å²) in [5.74, 6) is 0.387. The standard InChI is InChI=1S/C15H21N3O2/c1-18-8-12-7-10(4-5-13(12)17-15(18)19)14(16)11-3-2-6-20-9-11/h4-5,7,11,14H,2-3,6,8-9,16H2,1H3,(H,17,19). The van der Waals surface area contributed by atoms with Gasteiger partial charge in [0.25, 0.3) is 0 Å². The van der Waals surface area contributed by atoms with Gasteiger partial charge in [0, 0.05) is 37.8 Å². The van der Waals surface area contributed by atoms with E-state index in [1.165, 1.54) is 0 Å². The zero-order valence-corrected chi connectivity index (χ0v) is 11.8. The normalized spacial score (nSPS) is 24.0. The van der Waals surface area contributed by atoms with E-state index in [1.54, 1.807) is 11.9 Å². The number of rotatable bonds is 2. The molecule has 3 rings (SSSR count). The predicted molar refractivity (Wildman–Crippen MR) is 77.4 cm³/mol. The summed E-state index contributed by atoms with van der Waals surface area (Å²) >= 11 is 0. The number of nitrogens with two attached hydrogens (primary N) is 1. The SMILES string of the molecule is CN1Cc2cc(C(N)C3CCCOC3)ccc2NC1=O. The maximum Gasteiger partial charge on any atom is 0.321 e. The fourth-order valence-corrected chi connectivity index (χ4v) is 2.93.